The zero-order valence-electron chi connectivity index (χ0n) is 19.7. The van der Waals surface area contributed by atoms with Gasteiger partial charge >= 0.3 is 5.97 Å². The van der Waals surface area contributed by atoms with Crippen molar-refractivity contribution in [1.82, 2.24) is 10.3 Å². The molecule has 5 rings (SSSR count). The molecular weight excluding hydrogens is 488 g/mol. The number of thiazole rings is 1. The van der Waals surface area contributed by atoms with Crippen LogP contribution in [-0.4, -0.2) is 40.3 Å². The summed E-state index contributed by atoms with van der Waals surface area (Å²) in [7, 11) is 0. The Hall–Kier alpha value is -4.50. The van der Waals surface area contributed by atoms with E-state index in [2.05, 4.69) is 57.2 Å². The van der Waals surface area contributed by atoms with E-state index in [1.54, 1.807) is 5.38 Å². The Kier molecular flexibility index (Phi) is 6.96. The Bertz CT molecular complexity index is 1300. The van der Waals surface area contributed by atoms with Crippen molar-refractivity contribution < 1.29 is 19.5 Å². The van der Waals surface area contributed by atoms with Crippen molar-refractivity contribution in [2.75, 3.05) is 11.9 Å². The first-order chi connectivity index (χ1) is 18.1. The first kappa shape index (κ1) is 24.2. The van der Waals surface area contributed by atoms with Gasteiger partial charge in [0, 0.05) is 5.38 Å². The normalized spacial score (nSPS) is 15.4. The number of hydrogen-bond acceptors (Lipinski definition) is 7. The lowest BCUT2D eigenvalue weighted by Gasteiger charge is -2.36. The topological polar surface area (TPSA) is 113 Å². The van der Waals surface area contributed by atoms with Crippen LogP contribution in [0.5, 0.6) is 0 Å². The number of aromatic nitrogens is 1. The largest absolute Gasteiger partial charge is 0.476 e. The average Bonchev–Trinajstić information content (AvgIpc) is 3.37. The third-order valence-corrected chi connectivity index (χ3v) is 6.85. The quantitative estimate of drug-likeness (QED) is 0.127. The minimum Gasteiger partial charge on any atom is -0.476 e. The highest BCUT2D eigenvalue weighted by molar-refractivity contribution is 7.14. The number of rotatable bonds is 10. The summed E-state index contributed by atoms with van der Waals surface area (Å²) in [6.07, 6.45) is 0.337. The van der Waals surface area contributed by atoms with Crippen molar-refractivity contribution >= 4 is 34.1 Å². The molecule has 1 aromatic heterocycles. The summed E-state index contributed by atoms with van der Waals surface area (Å²) in [6, 6.07) is 30.0. The lowest BCUT2D eigenvalue weighted by molar-refractivity contribution is -0.131. The van der Waals surface area contributed by atoms with Gasteiger partial charge in [-0.2, -0.15) is 0 Å². The molecule has 0 saturated carbocycles. The fourth-order valence-electron chi connectivity index (χ4n) is 4.30. The van der Waals surface area contributed by atoms with Gasteiger partial charge in [-0.1, -0.05) is 96.2 Å². The van der Waals surface area contributed by atoms with Crippen LogP contribution >= 0.6 is 11.3 Å². The van der Waals surface area contributed by atoms with Crippen molar-refractivity contribution in [3.8, 4) is 0 Å². The van der Waals surface area contributed by atoms with Gasteiger partial charge in [-0.05, 0) is 16.7 Å². The van der Waals surface area contributed by atoms with E-state index in [1.165, 1.54) is 11.3 Å². The van der Waals surface area contributed by atoms with Gasteiger partial charge in [-0.25, -0.2) is 9.78 Å². The number of carboxylic acids is 1. The zero-order valence-corrected chi connectivity index (χ0v) is 20.5. The van der Waals surface area contributed by atoms with Crippen LogP contribution in [0.3, 0.4) is 0 Å². The van der Waals surface area contributed by atoms with E-state index >= 15 is 0 Å². The maximum absolute atomic E-state index is 11.9. The van der Waals surface area contributed by atoms with E-state index < -0.39 is 11.5 Å². The molecule has 0 radical (unpaired) electrons. The van der Waals surface area contributed by atoms with Gasteiger partial charge in [0.2, 0.25) is 11.6 Å². The Balaban J connectivity index is 1.52. The maximum Gasteiger partial charge on any atom is 0.360 e. The second-order valence-electron chi connectivity index (χ2n) is 8.52. The van der Waals surface area contributed by atoms with E-state index in [0.717, 1.165) is 16.7 Å². The molecule has 0 spiro atoms. The van der Waals surface area contributed by atoms with E-state index in [1.807, 2.05) is 54.6 Å². The van der Waals surface area contributed by atoms with Crippen LogP contribution in [0.2, 0.25) is 0 Å². The summed E-state index contributed by atoms with van der Waals surface area (Å²) in [5.74, 6) is -1.32. The zero-order chi connectivity index (χ0) is 25.7. The van der Waals surface area contributed by atoms with Crippen molar-refractivity contribution in [2.45, 2.75) is 18.0 Å². The summed E-state index contributed by atoms with van der Waals surface area (Å²) in [5.41, 5.74) is 2.09. The minimum absolute atomic E-state index is 0.0648. The molecule has 1 unspecified atom stereocenters. The van der Waals surface area contributed by atoms with Crippen LogP contribution in [-0.2, 0) is 20.0 Å². The van der Waals surface area contributed by atoms with Crippen LogP contribution in [0.25, 0.3) is 0 Å². The van der Waals surface area contributed by atoms with Crippen LogP contribution in [0.1, 0.15) is 28.8 Å². The predicted molar refractivity (Wildman–Crippen MR) is 142 cm³/mol. The molecule has 2 heterocycles. The first-order valence-electron chi connectivity index (χ1n) is 11.7. The smallest absolute Gasteiger partial charge is 0.360 e. The third-order valence-electron chi connectivity index (χ3n) is 6.09. The molecule has 4 aromatic rings. The fraction of sp³-hybridized carbons (Fsp3) is 0.143. The van der Waals surface area contributed by atoms with E-state index in [9.17, 15) is 14.7 Å². The maximum atomic E-state index is 11.9. The molecule has 9 heteroatoms. The highest BCUT2D eigenvalue weighted by Gasteiger charge is 2.37. The summed E-state index contributed by atoms with van der Waals surface area (Å²) in [5, 5.41) is 22.0. The molecule has 0 bridgehead atoms. The molecule has 1 fully saturated rings. The second kappa shape index (κ2) is 10.6. The Labute approximate surface area is 217 Å². The van der Waals surface area contributed by atoms with E-state index in [0.29, 0.717) is 11.6 Å². The standard InChI is InChI=1S/C28H24N4O4S/c33-24-16-22(29-24)17-36-32-25(26(34)35)23-18-37-27(30-23)31-28(19-10-4-1-5-11-19,20-12-6-2-7-13-20)21-14-8-3-9-15-21/h1-15,18,22H,16-17H2,(H,29,33)(H,30,31)(H,34,35). The molecule has 0 aliphatic carbocycles. The van der Waals surface area contributed by atoms with Crippen molar-refractivity contribution in [1.29, 1.82) is 0 Å². The van der Waals surface area contributed by atoms with Gasteiger partial charge in [0.15, 0.2) is 5.13 Å². The van der Waals surface area contributed by atoms with Crippen LogP contribution in [0.4, 0.5) is 5.13 Å². The number of carbonyl (C=O) groups excluding carboxylic acids is 1. The number of oxime groups is 1. The van der Waals surface area contributed by atoms with E-state index in [4.69, 9.17) is 4.84 Å². The number of hydrogen-bond donors (Lipinski definition) is 3. The number of anilines is 1. The Morgan fingerprint density at radius 1 is 1.00 bits per heavy atom. The van der Waals surface area contributed by atoms with Gasteiger partial charge in [-0.15, -0.1) is 11.3 Å². The van der Waals surface area contributed by atoms with Crippen molar-refractivity contribution in [2.24, 2.45) is 5.16 Å². The lowest BCUT2D eigenvalue weighted by atomic mass is 9.77. The third kappa shape index (κ3) is 5.07. The number of aliphatic carboxylic acids is 1. The lowest BCUT2D eigenvalue weighted by Crippen LogP contribution is -2.50. The van der Waals surface area contributed by atoms with Gasteiger partial charge in [-0.3, -0.25) is 4.79 Å². The summed E-state index contributed by atoms with van der Waals surface area (Å²) < 4.78 is 0. The molecule has 37 heavy (non-hydrogen) atoms. The number of nitrogens with zero attached hydrogens (tertiary/aromatic N) is 2. The molecule has 3 N–H and O–H groups in total. The fourth-order valence-corrected chi connectivity index (χ4v) is 5.05. The van der Waals surface area contributed by atoms with Crippen LogP contribution < -0.4 is 10.6 Å². The number of β-lactam (4-membered cyclic amide) rings is 1. The Morgan fingerprint density at radius 2 is 1.51 bits per heavy atom. The molecule has 1 atom stereocenters. The molecular formula is C28H24N4O4S. The first-order valence-corrected chi connectivity index (χ1v) is 12.6. The Morgan fingerprint density at radius 3 is 1.97 bits per heavy atom. The summed E-state index contributed by atoms with van der Waals surface area (Å²) >= 11 is 1.28. The highest BCUT2D eigenvalue weighted by Crippen LogP contribution is 2.40. The molecule has 3 aromatic carbocycles. The minimum atomic E-state index is -1.25. The number of nitrogens with one attached hydrogen (secondary N) is 2. The van der Waals surface area contributed by atoms with Crippen molar-refractivity contribution in [3.05, 3.63) is 119 Å². The number of benzene rings is 3. The predicted octanol–water partition coefficient (Wildman–Crippen LogP) is 4.24. The SMILES string of the molecule is O=C1CC(CON=C(C(=O)O)c2csc(NC(c3ccccc3)(c3ccccc3)c3ccccc3)n2)N1. The molecule has 1 amide bonds. The second-order valence-corrected chi connectivity index (χ2v) is 9.38. The monoisotopic (exact) mass is 512 g/mol. The number of carbonyl (C=O) groups is 2. The van der Waals surface area contributed by atoms with Gasteiger partial charge in [0.1, 0.15) is 17.8 Å². The number of amides is 1. The van der Waals surface area contributed by atoms with Gasteiger partial charge in [0.05, 0.1) is 12.5 Å². The molecule has 186 valence electrons. The highest BCUT2D eigenvalue weighted by atomic mass is 32.1. The van der Waals surface area contributed by atoms with Crippen LogP contribution in [0.15, 0.2) is 102 Å². The summed E-state index contributed by atoms with van der Waals surface area (Å²) in [6.45, 7) is 0.0941. The molecule has 1 aliphatic rings. The van der Waals surface area contributed by atoms with E-state index in [-0.39, 0.29) is 30.0 Å². The van der Waals surface area contributed by atoms with Crippen molar-refractivity contribution in [3.63, 3.8) is 0 Å². The number of carboxylic acid groups (broad SMARTS) is 1. The molecule has 1 aliphatic heterocycles. The van der Waals surface area contributed by atoms with Gasteiger partial charge in [0.25, 0.3) is 0 Å². The average molecular weight is 513 g/mol. The van der Waals surface area contributed by atoms with Gasteiger partial charge < -0.3 is 20.6 Å². The molecule has 1 saturated heterocycles. The van der Waals surface area contributed by atoms with Crippen LogP contribution in [0, 0.1) is 0 Å². The molecule has 8 nitrogen and oxygen atoms in total. The summed E-state index contributed by atoms with van der Waals surface area (Å²) in [4.78, 5) is 32.8.